The van der Waals surface area contributed by atoms with Gasteiger partial charge in [-0.2, -0.15) is 5.26 Å². The van der Waals surface area contributed by atoms with Crippen molar-refractivity contribution >= 4 is 11.6 Å². The van der Waals surface area contributed by atoms with E-state index in [9.17, 15) is 9.65 Å². The molecule has 2 rings (SSSR count). The van der Waals surface area contributed by atoms with Crippen LogP contribution in [0.25, 0.3) is 0 Å². The fraction of sp³-hybridized carbons (Fsp3) is 0.417. The summed E-state index contributed by atoms with van der Waals surface area (Å²) in [6.07, 6.45) is 2.22. The average Bonchev–Trinajstić information content (AvgIpc) is 2.75. The van der Waals surface area contributed by atoms with Crippen LogP contribution in [0.4, 0.5) is 4.39 Å². The summed E-state index contributed by atoms with van der Waals surface area (Å²) in [6, 6.07) is 6.10. The van der Waals surface area contributed by atoms with Crippen molar-refractivity contribution in [1.82, 2.24) is 4.90 Å². The van der Waals surface area contributed by atoms with Gasteiger partial charge < -0.3 is 0 Å². The minimum Gasteiger partial charge on any atom is -0.284 e. The highest BCUT2D eigenvalue weighted by molar-refractivity contribution is 6.31. The van der Waals surface area contributed by atoms with E-state index in [0.717, 1.165) is 25.9 Å². The second-order valence-corrected chi connectivity index (χ2v) is 4.35. The zero-order valence-electron chi connectivity index (χ0n) is 8.79. The molecule has 0 aromatic heterocycles. The summed E-state index contributed by atoms with van der Waals surface area (Å²) < 4.78 is 12.9. The van der Waals surface area contributed by atoms with Gasteiger partial charge in [-0.15, -0.1) is 0 Å². The van der Waals surface area contributed by atoms with Crippen molar-refractivity contribution in [3.8, 4) is 6.07 Å². The van der Waals surface area contributed by atoms with Crippen LogP contribution in [-0.4, -0.2) is 18.0 Å². The predicted octanol–water partition coefficient (Wildman–Crippen LogP) is 3.14. The van der Waals surface area contributed by atoms with Gasteiger partial charge in [-0.25, -0.2) is 4.39 Å². The summed E-state index contributed by atoms with van der Waals surface area (Å²) in [5, 5.41) is 9.52. The molecule has 84 valence electrons. The van der Waals surface area contributed by atoms with Crippen molar-refractivity contribution in [2.75, 3.05) is 13.1 Å². The van der Waals surface area contributed by atoms with Gasteiger partial charge >= 0.3 is 0 Å². The van der Waals surface area contributed by atoms with Gasteiger partial charge in [0.05, 0.1) is 6.07 Å². The predicted molar refractivity (Wildman–Crippen MR) is 60.6 cm³/mol. The molecule has 1 heterocycles. The van der Waals surface area contributed by atoms with Gasteiger partial charge in [-0.1, -0.05) is 17.7 Å². The Morgan fingerprint density at radius 3 is 2.62 bits per heavy atom. The molecule has 0 amide bonds. The first-order valence-electron chi connectivity index (χ1n) is 5.31. The Hall–Kier alpha value is -1.11. The molecule has 1 atom stereocenters. The first-order chi connectivity index (χ1) is 7.72. The highest BCUT2D eigenvalue weighted by Gasteiger charge is 2.24. The van der Waals surface area contributed by atoms with Crippen LogP contribution in [-0.2, 0) is 0 Å². The van der Waals surface area contributed by atoms with E-state index in [1.807, 2.05) is 0 Å². The molecule has 1 aromatic carbocycles. The van der Waals surface area contributed by atoms with Crippen molar-refractivity contribution in [1.29, 1.82) is 5.26 Å². The lowest BCUT2D eigenvalue weighted by Crippen LogP contribution is -2.24. The standard InChI is InChI=1S/C12H12ClFN2/c13-11-7-9(14)3-4-10(11)12(8-15)16-5-1-2-6-16/h3-4,7,12H,1-2,5-6H2. The minimum absolute atomic E-state index is 0.332. The third kappa shape index (κ3) is 2.18. The van der Waals surface area contributed by atoms with Gasteiger partial charge in [0.15, 0.2) is 0 Å². The number of nitrogens with zero attached hydrogens (tertiary/aromatic N) is 2. The van der Waals surface area contributed by atoms with Gasteiger partial charge in [0.2, 0.25) is 0 Å². The molecule has 4 heteroatoms. The molecule has 1 fully saturated rings. The Balaban J connectivity index is 2.30. The topological polar surface area (TPSA) is 27.0 Å². The van der Waals surface area contributed by atoms with Crippen LogP contribution in [0, 0.1) is 17.1 Å². The summed E-state index contributed by atoms with van der Waals surface area (Å²) in [7, 11) is 0. The lowest BCUT2D eigenvalue weighted by atomic mass is 10.1. The molecular weight excluding hydrogens is 227 g/mol. The second kappa shape index (κ2) is 4.82. The smallest absolute Gasteiger partial charge is 0.125 e. The van der Waals surface area contributed by atoms with Crippen molar-refractivity contribution < 1.29 is 4.39 Å². The summed E-state index contributed by atoms with van der Waals surface area (Å²) in [6.45, 7) is 1.82. The number of hydrogen-bond donors (Lipinski definition) is 0. The van der Waals surface area contributed by atoms with Gasteiger partial charge in [0.1, 0.15) is 11.9 Å². The molecule has 0 bridgehead atoms. The van der Waals surface area contributed by atoms with E-state index < -0.39 is 0 Å². The zero-order chi connectivity index (χ0) is 11.5. The first-order valence-corrected chi connectivity index (χ1v) is 5.69. The average molecular weight is 239 g/mol. The Bertz CT molecular complexity index is 422. The Morgan fingerprint density at radius 1 is 1.38 bits per heavy atom. The van der Waals surface area contributed by atoms with Crippen molar-refractivity contribution in [2.45, 2.75) is 18.9 Å². The number of halogens is 2. The van der Waals surface area contributed by atoms with E-state index >= 15 is 0 Å². The molecule has 0 aliphatic carbocycles. The third-order valence-electron chi connectivity index (χ3n) is 2.89. The van der Waals surface area contributed by atoms with E-state index in [4.69, 9.17) is 11.6 Å². The maximum atomic E-state index is 12.9. The van der Waals surface area contributed by atoms with E-state index in [0.29, 0.717) is 10.6 Å². The fourth-order valence-electron chi connectivity index (χ4n) is 2.07. The van der Waals surface area contributed by atoms with Gasteiger partial charge in [-0.3, -0.25) is 4.90 Å². The summed E-state index contributed by atoms with van der Waals surface area (Å²) in [5.41, 5.74) is 0.701. The maximum Gasteiger partial charge on any atom is 0.125 e. The number of hydrogen-bond acceptors (Lipinski definition) is 2. The third-order valence-corrected chi connectivity index (χ3v) is 3.21. The molecule has 0 spiro atoms. The Labute approximate surface area is 99.2 Å². The van der Waals surface area contributed by atoms with Crippen molar-refractivity contribution in [3.63, 3.8) is 0 Å². The van der Waals surface area contributed by atoms with Crippen LogP contribution in [0.5, 0.6) is 0 Å². The SMILES string of the molecule is N#CC(c1ccc(F)cc1Cl)N1CCCC1. The highest BCUT2D eigenvalue weighted by atomic mass is 35.5. The minimum atomic E-state index is -0.369. The van der Waals surface area contributed by atoms with Crippen molar-refractivity contribution in [2.24, 2.45) is 0 Å². The van der Waals surface area contributed by atoms with Crippen LogP contribution in [0.15, 0.2) is 18.2 Å². The number of likely N-dealkylation sites (tertiary alicyclic amines) is 1. The van der Waals surface area contributed by atoms with Gasteiger partial charge in [0.25, 0.3) is 0 Å². The molecule has 1 aromatic rings. The number of nitriles is 1. The lowest BCUT2D eigenvalue weighted by molar-refractivity contribution is 0.294. The molecule has 2 nitrogen and oxygen atoms in total. The second-order valence-electron chi connectivity index (χ2n) is 3.94. The summed E-state index contributed by atoms with van der Waals surface area (Å²) >= 11 is 5.96. The fourth-order valence-corrected chi connectivity index (χ4v) is 2.34. The molecule has 1 aliphatic rings. The van der Waals surface area contributed by atoms with Crippen LogP contribution in [0.3, 0.4) is 0 Å². The molecule has 1 aliphatic heterocycles. The molecule has 16 heavy (non-hydrogen) atoms. The largest absolute Gasteiger partial charge is 0.284 e. The van der Waals surface area contributed by atoms with Gasteiger partial charge in [0, 0.05) is 10.6 Å². The summed E-state index contributed by atoms with van der Waals surface area (Å²) in [5.74, 6) is -0.369. The van der Waals surface area contributed by atoms with Crippen LogP contribution in [0.1, 0.15) is 24.4 Å². The molecule has 1 unspecified atom stereocenters. The maximum absolute atomic E-state index is 12.9. The molecule has 0 saturated carbocycles. The quantitative estimate of drug-likeness (QED) is 0.792. The molecule has 0 radical (unpaired) electrons. The highest BCUT2D eigenvalue weighted by Crippen LogP contribution is 2.30. The van der Waals surface area contributed by atoms with E-state index in [-0.39, 0.29) is 11.9 Å². The Morgan fingerprint density at radius 2 is 2.06 bits per heavy atom. The first kappa shape index (κ1) is 11.4. The zero-order valence-corrected chi connectivity index (χ0v) is 9.54. The van der Waals surface area contributed by atoms with E-state index in [1.165, 1.54) is 12.1 Å². The molecule has 1 saturated heterocycles. The van der Waals surface area contributed by atoms with Crippen LogP contribution >= 0.6 is 11.6 Å². The molecular formula is C12H12ClFN2. The Kier molecular flexibility index (Phi) is 3.42. The van der Waals surface area contributed by atoms with E-state index in [1.54, 1.807) is 6.07 Å². The van der Waals surface area contributed by atoms with Crippen LogP contribution < -0.4 is 0 Å². The number of benzene rings is 1. The van der Waals surface area contributed by atoms with E-state index in [2.05, 4.69) is 11.0 Å². The normalized spacial score (nSPS) is 18.3. The molecule has 0 N–H and O–H groups in total. The van der Waals surface area contributed by atoms with Crippen molar-refractivity contribution in [3.05, 3.63) is 34.6 Å². The van der Waals surface area contributed by atoms with Gasteiger partial charge in [-0.05, 0) is 38.1 Å². The summed E-state index contributed by atoms with van der Waals surface area (Å²) in [4.78, 5) is 2.08. The van der Waals surface area contributed by atoms with Crippen LogP contribution in [0.2, 0.25) is 5.02 Å². The monoisotopic (exact) mass is 238 g/mol. The number of rotatable bonds is 2. The lowest BCUT2D eigenvalue weighted by Gasteiger charge is -2.22.